The Hall–Kier alpha value is -2.30. The van der Waals surface area contributed by atoms with Gasteiger partial charge in [0.05, 0.1) is 0 Å². The Balaban J connectivity index is 1.37. The van der Waals surface area contributed by atoms with Gasteiger partial charge in [0.15, 0.2) is 0 Å². The molecule has 2 heterocycles. The maximum absolute atomic E-state index is 5.88. The third kappa shape index (κ3) is 3.41. The molecule has 5 heteroatoms. The van der Waals surface area contributed by atoms with E-state index in [0.717, 1.165) is 35.8 Å². The molecule has 2 aliphatic heterocycles. The molecule has 0 amide bonds. The van der Waals surface area contributed by atoms with Gasteiger partial charge in [0.1, 0.15) is 34.2 Å². The first-order valence-electron chi connectivity index (χ1n) is 8.69. The molecular weight excluding hydrogens is 315 g/mol. The van der Waals surface area contributed by atoms with E-state index in [0.29, 0.717) is 0 Å². The van der Waals surface area contributed by atoms with Crippen molar-refractivity contribution in [3.63, 3.8) is 0 Å². The van der Waals surface area contributed by atoms with E-state index in [9.17, 15) is 0 Å². The highest BCUT2D eigenvalue weighted by Crippen LogP contribution is 2.38. The van der Waals surface area contributed by atoms with Crippen molar-refractivity contribution in [3.8, 4) is 23.0 Å². The molecule has 2 aromatic carbocycles. The summed E-state index contributed by atoms with van der Waals surface area (Å²) >= 11 is 0. The molecule has 25 heavy (non-hydrogen) atoms. The highest BCUT2D eigenvalue weighted by molar-refractivity contribution is 6.20. The highest BCUT2D eigenvalue weighted by Gasteiger charge is 2.31. The van der Waals surface area contributed by atoms with Crippen molar-refractivity contribution in [2.45, 2.75) is 51.7 Å². The number of ether oxygens (including phenoxy) is 2. The van der Waals surface area contributed by atoms with Crippen molar-refractivity contribution in [2.75, 3.05) is 0 Å². The predicted octanol–water partition coefficient (Wildman–Crippen LogP) is 3.84. The second-order valence-corrected chi connectivity index (χ2v) is 8.02. The molecule has 0 radical (unpaired) electrons. The molecule has 2 aliphatic rings. The normalized spacial score (nSPS) is 18.6. The van der Waals surface area contributed by atoms with Crippen LogP contribution < -0.4 is 18.8 Å². The lowest BCUT2D eigenvalue weighted by molar-refractivity contribution is 0.138. The average molecular weight is 338 g/mol. The van der Waals surface area contributed by atoms with Gasteiger partial charge in [-0.1, -0.05) is 0 Å². The SMILES string of the molecule is CC1(C)Cc2cc(OBOc3ccc4c(c3)CC(C)(C)O4)ccc2O1. The Bertz CT molecular complexity index is 746. The highest BCUT2D eigenvalue weighted by atomic mass is 16.6. The lowest BCUT2D eigenvalue weighted by Crippen LogP contribution is -2.24. The van der Waals surface area contributed by atoms with E-state index >= 15 is 0 Å². The maximum Gasteiger partial charge on any atom is 0.576 e. The van der Waals surface area contributed by atoms with Crippen LogP contribution in [0.25, 0.3) is 0 Å². The molecule has 0 aliphatic carbocycles. The minimum absolute atomic E-state index is 0.141. The van der Waals surface area contributed by atoms with Crippen LogP contribution in [-0.4, -0.2) is 18.9 Å². The van der Waals surface area contributed by atoms with Crippen LogP contribution in [0, 0.1) is 0 Å². The molecule has 0 N–H and O–H groups in total. The van der Waals surface area contributed by atoms with Crippen LogP contribution in [0.3, 0.4) is 0 Å². The Morgan fingerprint density at radius 2 is 1.20 bits per heavy atom. The standard InChI is InChI=1S/C20H23BO4/c1-19(2)11-13-9-15(5-7-17(13)22-19)24-21-25-16-6-8-18-14(10-16)12-20(3,4)23-18/h5-10,21H,11-12H2,1-4H3. The summed E-state index contributed by atoms with van der Waals surface area (Å²) in [7, 11) is 0.173. The molecule has 130 valence electrons. The molecule has 4 rings (SSSR count). The topological polar surface area (TPSA) is 36.9 Å². The summed E-state index contributed by atoms with van der Waals surface area (Å²) in [6.07, 6.45) is 1.78. The van der Waals surface area contributed by atoms with Gasteiger partial charge in [0.2, 0.25) is 0 Å². The van der Waals surface area contributed by atoms with Crippen LogP contribution in [0.15, 0.2) is 36.4 Å². The summed E-state index contributed by atoms with van der Waals surface area (Å²) in [5.74, 6) is 3.48. The van der Waals surface area contributed by atoms with Crippen molar-refractivity contribution >= 4 is 7.69 Å². The quantitative estimate of drug-likeness (QED) is 0.794. The molecular formula is C20H23BO4. The number of fused-ring (bicyclic) bond motifs is 2. The second kappa shape index (κ2) is 5.62. The van der Waals surface area contributed by atoms with Crippen molar-refractivity contribution in [3.05, 3.63) is 47.5 Å². The van der Waals surface area contributed by atoms with Crippen LogP contribution in [-0.2, 0) is 12.8 Å². The largest absolute Gasteiger partial charge is 0.576 e. The Morgan fingerprint density at radius 1 is 0.760 bits per heavy atom. The van der Waals surface area contributed by atoms with Crippen LogP contribution >= 0.6 is 0 Å². The zero-order valence-electron chi connectivity index (χ0n) is 15.2. The molecule has 4 nitrogen and oxygen atoms in total. The predicted molar refractivity (Wildman–Crippen MR) is 98.1 cm³/mol. The zero-order valence-corrected chi connectivity index (χ0v) is 15.2. The molecule has 0 bridgehead atoms. The van der Waals surface area contributed by atoms with Crippen LogP contribution in [0.2, 0.25) is 0 Å². The summed E-state index contributed by atoms with van der Waals surface area (Å²) in [6, 6.07) is 11.8. The molecule has 0 atom stereocenters. The number of hydrogen-bond donors (Lipinski definition) is 0. The molecule has 0 aromatic heterocycles. The first-order chi connectivity index (χ1) is 11.8. The van der Waals surface area contributed by atoms with E-state index < -0.39 is 0 Å². The van der Waals surface area contributed by atoms with E-state index in [4.69, 9.17) is 18.8 Å². The summed E-state index contributed by atoms with van der Waals surface area (Å²) in [5, 5.41) is 0. The third-order valence-electron chi connectivity index (χ3n) is 4.52. The minimum Gasteiger partial charge on any atom is -0.529 e. The van der Waals surface area contributed by atoms with Gasteiger partial charge in [-0.3, -0.25) is 0 Å². The van der Waals surface area contributed by atoms with Gasteiger partial charge in [-0.2, -0.15) is 0 Å². The van der Waals surface area contributed by atoms with E-state index in [1.54, 1.807) is 0 Å². The number of hydrogen-bond acceptors (Lipinski definition) is 4. The van der Waals surface area contributed by atoms with Crippen molar-refractivity contribution in [1.29, 1.82) is 0 Å². The van der Waals surface area contributed by atoms with E-state index in [1.165, 1.54) is 11.1 Å². The van der Waals surface area contributed by atoms with Gasteiger partial charge in [-0.05, 0) is 64.1 Å². The fraction of sp³-hybridized carbons (Fsp3) is 0.400. The third-order valence-corrected chi connectivity index (χ3v) is 4.52. The lowest BCUT2D eigenvalue weighted by Gasteiger charge is -2.16. The van der Waals surface area contributed by atoms with Gasteiger partial charge in [-0.25, -0.2) is 0 Å². The summed E-state index contributed by atoms with van der Waals surface area (Å²) < 4.78 is 23.3. The fourth-order valence-electron chi connectivity index (χ4n) is 3.52. The first-order valence-corrected chi connectivity index (χ1v) is 8.69. The number of rotatable bonds is 4. The number of benzene rings is 2. The van der Waals surface area contributed by atoms with Gasteiger partial charge >= 0.3 is 7.69 Å². The average Bonchev–Trinajstić information content (AvgIpc) is 2.98. The summed E-state index contributed by atoms with van der Waals surface area (Å²) in [5.41, 5.74) is 2.08. The van der Waals surface area contributed by atoms with E-state index in [1.807, 2.05) is 36.4 Å². The monoisotopic (exact) mass is 338 g/mol. The minimum atomic E-state index is -0.141. The molecule has 0 fully saturated rings. The Kier molecular flexibility index (Phi) is 3.64. The summed E-state index contributed by atoms with van der Waals surface area (Å²) in [6.45, 7) is 8.37. The van der Waals surface area contributed by atoms with Gasteiger partial charge in [0.25, 0.3) is 0 Å². The van der Waals surface area contributed by atoms with Crippen molar-refractivity contribution in [2.24, 2.45) is 0 Å². The van der Waals surface area contributed by atoms with Crippen LogP contribution in [0.1, 0.15) is 38.8 Å². The maximum atomic E-state index is 5.88. The Labute approximate surface area is 149 Å². The van der Waals surface area contributed by atoms with E-state index in [2.05, 4.69) is 27.7 Å². The fourth-order valence-corrected chi connectivity index (χ4v) is 3.52. The smallest absolute Gasteiger partial charge is 0.529 e. The first kappa shape index (κ1) is 16.2. The molecule has 2 aromatic rings. The van der Waals surface area contributed by atoms with Gasteiger partial charge in [0, 0.05) is 24.0 Å². The van der Waals surface area contributed by atoms with Crippen LogP contribution in [0.5, 0.6) is 23.0 Å². The van der Waals surface area contributed by atoms with Crippen molar-refractivity contribution in [1.82, 2.24) is 0 Å². The van der Waals surface area contributed by atoms with Crippen LogP contribution in [0.4, 0.5) is 0 Å². The van der Waals surface area contributed by atoms with E-state index in [-0.39, 0.29) is 18.9 Å². The van der Waals surface area contributed by atoms with Crippen molar-refractivity contribution < 1.29 is 18.8 Å². The molecule has 0 saturated heterocycles. The Morgan fingerprint density at radius 3 is 1.64 bits per heavy atom. The molecule has 0 saturated carbocycles. The zero-order chi connectivity index (χ0) is 17.7. The molecule has 0 unspecified atom stereocenters. The van der Waals surface area contributed by atoms with Gasteiger partial charge < -0.3 is 18.8 Å². The molecule has 0 spiro atoms. The lowest BCUT2D eigenvalue weighted by atomic mass is 10.0. The summed E-state index contributed by atoms with van der Waals surface area (Å²) in [4.78, 5) is 0. The van der Waals surface area contributed by atoms with Gasteiger partial charge in [-0.15, -0.1) is 0 Å². The second-order valence-electron chi connectivity index (χ2n) is 8.02.